The van der Waals surface area contributed by atoms with Crippen LogP contribution in [0.5, 0.6) is 0 Å². The summed E-state index contributed by atoms with van der Waals surface area (Å²) in [5, 5.41) is 12.1. The van der Waals surface area contributed by atoms with E-state index in [1.807, 2.05) is 13.8 Å². The molecule has 0 bridgehead atoms. The van der Waals surface area contributed by atoms with Crippen molar-refractivity contribution in [1.82, 2.24) is 10.2 Å². The van der Waals surface area contributed by atoms with Gasteiger partial charge in [0, 0.05) is 6.42 Å². The van der Waals surface area contributed by atoms with Gasteiger partial charge in [0.1, 0.15) is 5.01 Å². The molecule has 96 valence electrons. The number of carbonyl (C=O) groups is 1. The zero-order valence-corrected chi connectivity index (χ0v) is 11.4. The highest BCUT2D eigenvalue weighted by atomic mass is 32.1. The summed E-state index contributed by atoms with van der Waals surface area (Å²) in [5.41, 5.74) is 5.83. The van der Waals surface area contributed by atoms with Gasteiger partial charge in [0.2, 0.25) is 11.0 Å². The van der Waals surface area contributed by atoms with Crippen molar-refractivity contribution < 1.29 is 4.79 Å². The summed E-state index contributed by atoms with van der Waals surface area (Å²) in [5.74, 6) is -0.0171. The van der Waals surface area contributed by atoms with Gasteiger partial charge in [-0.2, -0.15) is 0 Å². The highest BCUT2D eigenvalue weighted by molar-refractivity contribution is 7.15. The summed E-state index contributed by atoms with van der Waals surface area (Å²) in [6.45, 7) is 6.06. The standard InChI is InChI=1S/C11H20N4OS/c1-4-6-8-14-15-11(17-8)13-10(16)9(12)7(3)5-2/h7,9H,4-6,12H2,1-3H3,(H,13,15,16). The Morgan fingerprint density at radius 2 is 2.18 bits per heavy atom. The topological polar surface area (TPSA) is 80.9 Å². The Bertz CT molecular complexity index is 366. The van der Waals surface area contributed by atoms with Crippen LogP contribution in [-0.2, 0) is 11.2 Å². The molecule has 5 nitrogen and oxygen atoms in total. The molecule has 1 amide bonds. The van der Waals surface area contributed by atoms with Crippen LogP contribution < -0.4 is 11.1 Å². The van der Waals surface area contributed by atoms with E-state index >= 15 is 0 Å². The lowest BCUT2D eigenvalue weighted by Gasteiger charge is -2.16. The fourth-order valence-corrected chi connectivity index (χ4v) is 2.16. The zero-order chi connectivity index (χ0) is 12.8. The number of hydrogen-bond donors (Lipinski definition) is 2. The first-order chi connectivity index (χ1) is 8.08. The molecule has 0 fully saturated rings. The maximum absolute atomic E-state index is 11.8. The first-order valence-corrected chi connectivity index (χ1v) is 6.78. The van der Waals surface area contributed by atoms with Crippen molar-refractivity contribution in [2.24, 2.45) is 11.7 Å². The number of carbonyl (C=O) groups excluding carboxylic acids is 1. The Morgan fingerprint density at radius 1 is 1.47 bits per heavy atom. The smallest absolute Gasteiger partial charge is 0.243 e. The van der Waals surface area contributed by atoms with E-state index in [1.165, 1.54) is 11.3 Å². The first kappa shape index (κ1) is 14.1. The molecule has 1 aromatic rings. The average Bonchev–Trinajstić information content (AvgIpc) is 2.75. The monoisotopic (exact) mass is 256 g/mol. The van der Waals surface area contributed by atoms with Crippen LogP contribution in [-0.4, -0.2) is 22.1 Å². The minimum Gasteiger partial charge on any atom is -0.320 e. The third kappa shape index (κ3) is 4.05. The van der Waals surface area contributed by atoms with E-state index in [1.54, 1.807) is 0 Å². The Labute approximate surface area is 106 Å². The third-order valence-corrected chi connectivity index (χ3v) is 3.62. The predicted molar refractivity (Wildman–Crippen MR) is 70.0 cm³/mol. The van der Waals surface area contributed by atoms with Crippen molar-refractivity contribution in [3.63, 3.8) is 0 Å². The molecule has 0 radical (unpaired) electrons. The summed E-state index contributed by atoms with van der Waals surface area (Å²) in [7, 11) is 0. The van der Waals surface area contributed by atoms with Gasteiger partial charge in [0.05, 0.1) is 6.04 Å². The molecule has 6 heteroatoms. The van der Waals surface area contributed by atoms with E-state index in [9.17, 15) is 4.79 Å². The second kappa shape index (κ2) is 6.66. The van der Waals surface area contributed by atoms with Crippen molar-refractivity contribution in [2.75, 3.05) is 5.32 Å². The summed E-state index contributed by atoms with van der Waals surface area (Å²) >= 11 is 1.41. The van der Waals surface area contributed by atoms with Gasteiger partial charge < -0.3 is 5.73 Å². The molecule has 0 spiro atoms. The number of aryl methyl sites for hydroxylation is 1. The molecular weight excluding hydrogens is 236 g/mol. The number of rotatable bonds is 6. The van der Waals surface area contributed by atoms with E-state index in [2.05, 4.69) is 22.4 Å². The maximum atomic E-state index is 11.8. The van der Waals surface area contributed by atoms with Gasteiger partial charge in [-0.05, 0) is 12.3 Å². The number of nitrogens with two attached hydrogens (primary N) is 1. The van der Waals surface area contributed by atoms with Crippen LogP contribution in [0.2, 0.25) is 0 Å². The summed E-state index contributed by atoms with van der Waals surface area (Å²) in [6, 6.07) is -0.487. The average molecular weight is 256 g/mol. The molecule has 1 aromatic heterocycles. The Balaban J connectivity index is 2.55. The number of anilines is 1. The second-order valence-electron chi connectivity index (χ2n) is 4.15. The Morgan fingerprint density at radius 3 is 2.76 bits per heavy atom. The maximum Gasteiger partial charge on any atom is 0.243 e. The number of nitrogens with zero attached hydrogens (tertiary/aromatic N) is 2. The molecule has 0 aliphatic carbocycles. The third-order valence-electron chi connectivity index (χ3n) is 2.72. The molecule has 0 aromatic carbocycles. The Hall–Kier alpha value is -1.01. The van der Waals surface area contributed by atoms with Crippen LogP contribution >= 0.6 is 11.3 Å². The fourth-order valence-electron chi connectivity index (χ4n) is 1.32. The highest BCUT2D eigenvalue weighted by Gasteiger charge is 2.20. The van der Waals surface area contributed by atoms with Crippen LogP contribution in [0, 0.1) is 5.92 Å². The lowest BCUT2D eigenvalue weighted by molar-refractivity contribution is -0.118. The van der Waals surface area contributed by atoms with Gasteiger partial charge in [0.15, 0.2) is 0 Å². The molecular formula is C11H20N4OS. The Kier molecular flexibility index (Phi) is 5.50. The van der Waals surface area contributed by atoms with E-state index in [4.69, 9.17) is 5.73 Å². The van der Waals surface area contributed by atoms with Crippen LogP contribution in [0.4, 0.5) is 5.13 Å². The lowest BCUT2D eigenvalue weighted by atomic mass is 10.00. The molecule has 0 saturated heterocycles. The van der Waals surface area contributed by atoms with Crippen molar-refractivity contribution in [2.45, 2.75) is 46.1 Å². The lowest BCUT2D eigenvalue weighted by Crippen LogP contribution is -2.40. The normalized spacial score (nSPS) is 14.4. The van der Waals surface area contributed by atoms with Crippen molar-refractivity contribution >= 4 is 22.4 Å². The van der Waals surface area contributed by atoms with E-state index in [0.29, 0.717) is 5.13 Å². The highest BCUT2D eigenvalue weighted by Crippen LogP contribution is 2.17. The van der Waals surface area contributed by atoms with Gasteiger partial charge in [0.25, 0.3) is 0 Å². The number of nitrogens with one attached hydrogen (secondary N) is 1. The van der Waals surface area contributed by atoms with E-state index < -0.39 is 6.04 Å². The second-order valence-corrected chi connectivity index (χ2v) is 5.21. The summed E-state index contributed by atoms with van der Waals surface area (Å²) in [6.07, 6.45) is 2.80. The molecule has 1 heterocycles. The SMILES string of the molecule is CCCc1nnc(NC(=O)C(N)C(C)CC)s1. The number of amides is 1. The van der Waals surface area contributed by atoms with E-state index in [-0.39, 0.29) is 11.8 Å². The predicted octanol–water partition coefficient (Wildman–Crippen LogP) is 1.80. The fraction of sp³-hybridized carbons (Fsp3) is 0.727. The van der Waals surface area contributed by atoms with Crippen molar-refractivity contribution in [1.29, 1.82) is 0 Å². The quantitative estimate of drug-likeness (QED) is 0.813. The van der Waals surface area contributed by atoms with Gasteiger partial charge in [-0.3, -0.25) is 10.1 Å². The molecule has 2 atom stereocenters. The zero-order valence-electron chi connectivity index (χ0n) is 10.6. The molecule has 0 aliphatic heterocycles. The largest absolute Gasteiger partial charge is 0.320 e. The number of hydrogen-bond acceptors (Lipinski definition) is 5. The van der Waals surface area contributed by atoms with Gasteiger partial charge in [-0.1, -0.05) is 38.5 Å². The molecule has 0 saturated carbocycles. The van der Waals surface area contributed by atoms with Crippen LogP contribution in [0.25, 0.3) is 0 Å². The van der Waals surface area contributed by atoms with Crippen molar-refractivity contribution in [3.05, 3.63) is 5.01 Å². The van der Waals surface area contributed by atoms with Gasteiger partial charge in [-0.25, -0.2) is 0 Å². The van der Waals surface area contributed by atoms with E-state index in [0.717, 1.165) is 24.3 Å². The summed E-state index contributed by atoms with van der Waals surface area (Å²) < 4.78 is 0. The summed E-state index contributed by atoms with van der Waals surface area (Å²) in [4.78, 5) is 11.8. The minimum atomic E-state index is -0.487. The minimum absolute atomic E-state index is 0.165. The molecule has 1 rings (SSSR count). The molecule has 17 heavy (non-hydrogen) atoms. The number of aromatic nitrogens is 2. The molecule has 3 N–H and O–H groups in total. The van der Waals surface area contributed by atoms with Crippen molar-refractivity contribution in [3.8, 4) is 0 Å². The van der Waals surface area contributed by atoms with Gasteiger partial charge >= 0.3 is 0 Å². The van der Waals surface area contributed by atoms with Crippen LogP contribution in [0.3, 0.4) is 0 Å². The van der Waals surface area contributed by atoms with Crippen LogP contribution in [0.15, 0.2) is 0 Å². The molecule has 2 unspecified atom stereocenters. The first-order valence-electron chi connectivity index (χ1n) is 5.97. The molecule has 0 aliphatic rings. The van der Waals surface area contributed by atoms with Crippen LogP contribution in [0.1, 0.15) is 38.6 Å². The van der Waals surface area contributed by atoms with Gasteiger partial charge in [-0.15, -0.1) is 10.2 Å².